The van der Waals surface area contributed by atoms with Gasteiger partial charge in [-0.3, -0.25) is 9.59 Å². The number of rotatable bonds is 6. The Morgan fingerprint density at radius 2 is 0.338 bits per heavy atom. The zero-order valence-corrected chi connectivity index (χ0v) is 30.3. The number of carbonyl (C=O) groups excluding carboxylic acids is 2. The van der Waals surface area contributed by atoms with Crippen molar-refractivity contribution in [2.45, 2.75) is 74.1 Å². The van der Waals surface area contributed by atoms with Crippen LogP contribution in [-0.4, -0.2) is 134 Å². The Morgan fingerprint density at radius 3 is 0.415 bits per heavy atom. The van der Waals surface area contributed by atoms with Crippen LogP contribution < -0.4 is 10.2 Å². The topological polar surface area (TPSA) is 143 Å². The first-order valence-corrected chi connectivity index (χ1v) is 12.8. The summed E-state index contributed by atoms with van der Waals surface area (Å²) in [5, 5.41) is 22.2. The fourth-order valence-electron chi connectivity index (χ4n) is 4.28. The molecule has 0 radical (unpaired) electrons. The van der Waals surface area contributed by atoms with Gasteiger partial charge >= 0.3 is 123 Å². The monoisotopic (exact) mass is 1090 g/mol. The van der Waals surface area contributed by atoms with Crippen molar-refractivity contribution < 1.29 is 189 Å². The Kier molecular flexibility index (Phi) is 21.0. The van der Waals surface area contributed by atoms with E-state index in [2.05, 4.69) is 0 Å². The van der Waals surface area contributed by atoms with Crippen LogP contribution in [0.15, 0.2) is 23.7 Å². The van der Waals surface area contributed by atoms with Crippen molar-refractivity contribution in [1.82, 2.24) is 0 Å². The molecule has 65 heavy (non-hydrogen) atoms. The molecule has 6 nitrogen and oxygen atoms in total. The van der Waals surface area contributed by atoms with E-state index in [1.807, 2.05) is 0 Å². The van der Waals surface area contributed by atoms with Crippen LogP contribution in [0.5, 0.6) is 0 Å². The molecular formula is C22H6CaF36O6. The summed E-state index contributed by atoms with van der Waals surface area (Å²) in [6.07, 6.45) is -101. The minimum absolute atomic E-state index is 0. The van der Waals surface area contributed by atoms with Gasteiger partial charge in [0.2, 0.25) is 0 Å². The Balaban J connectivity index is -0.000000353. The molecular weight excluding hydrogens is 1080 g/mol. The van der Waals surface area contributed by atoms with Crippen molar-refractivity contribution in [2.75, 3.05) is 0 Å². The number of halogens is 36. The number of alkyl halides is 36. The van der Waals surface area contributed by atoms with Crippen molar-refractivity contribution in [3.8, 4) is 0 Å². The molecule has 4 N–H and O–H groups in total. The van der Waals surface area contributed by atoms with Crippen LogP contribution in [0.3, 0.4) is 0 Å². The second-order valence-electron chi connectivity index (χ2n) is 10.7. The molecule has 0 saturated heterocycles. The maximum Gasteiger partial charge on any atom is 2.00 e. The molecule has 0 aromatic heterocycles. The van der Waals surface area contributed by atoms with E-state index in [0.717, 1.165) is 0 Å². The van der Waals surface area contributed by atoms with Gasteiger partial charge in [0.05, 0.1) is 0 Å². The molecule has 384 valence electrons. The largest absolute Gasteiger partial charge is 2.00 e. The molecule has 0 amide bonds. The van der Waals surface area contributed by atoms with Gasteiger partial charge in [0.15, 0.2) is 11.6 Å². The van der Waals surface area contributed by atoms with E-state index in [1.54, 1.807) is 0 Å². The number of allylic oxidation sites excluding steroid dienone is 4. The molecule has 0 unspecified atom stereocenters. The molecule has 0 rings (SSSR count). The summed E-state index contributed by atoms with van der Waals surface area (Å²) in [4.78, 5) is 22.2. The molecule has 0 saturated carbocycles. The van der Waals surface area contributed by atoms with Crippen LogP contribution in [0.4, 0.5) is 158 Å². The molecule has 0 atom stereocenters. The Morgan fingerprint density at radius 1 is 0.246 bits per heavy atom. The summed E-state index contributed by atoms with van der Waals surface area (Å²) >= 11 is 0. The van der Waals surface area contributed by atoms with Crippen molar-refractivity contribution in [2.24, 2.45) is 21.7 Å². The predicted octanol–water partition coefficient (Wildman–Crippen LogP) is 8.26. The van der Waals surface area contributed by atoms with E-state index < -0.39 is 131 Å². The van der Waals surface area contributed by atoms with Gasteiger partial charge in [0.1, 0.15) is 0 Å². The molecule has 0 aliphatic heterocycles. The van der Waals surface area contributed by atoms with Crippen LogP contribution in [0.1, 0.15) is 0 Å². The van der Waals surface area contributed by atoms with Crippen molar-refractivity contribution >= 4 is 49.3 Å². The number of ketones is 2. The van der Waals surface area contributed by atoms with Crippen LogP contribution >= 0.6 is 0 Å². The average molecular weight is 1090 g/mol. The van der Waals surface area contributed by atoms with E-state index in [9.17, 15) is 178 Å². The van der Waals surface area contributed by atoms with Crippen molar-refractivity contribution in [3.63, 3.8) is 0 Å². The molecule has 0 aromatic rings. The fourth-order valence-corrected chi connectivity index (χ4v) is 4.28. The third kappa shape index (κ3) is 11.3. The molecule has 0 bridgehead atoms. The first kappa shape index (κ1) is 71.1. The Labute approximate surface area is 357 Å². The van der Waals surface area contributed by atoms with Crippen LogP contribution in [0.2, 0.25) is 0 Å². The third-order valence-corrected chi connectivity index (χ3v) is 7.11. The quantitative estimate of drug-likeness (QED) is 0.114. The maximum absolute atomic E-state index is 12.6. The fraction of sp³-hybridized carbons (Fsp3) is 0.727. The number of carbonyl (C=O) groups is 2. The molecule has 43 heteroatoms. The smallest absolute Gasteiger partial charge is 0.874 e. The SMILES string of the molecule is O.O.O=C(/C=C(\[O-])C(C(F)(F)F)(C(F)(F)F)C(F)(F)F)C(C(F)(F)F)(C(F)(F)F)C(F)(F)F.O=C(/C=C(\[O-])C(C(F)(F)F)(C(F)(F)F)C(F)(F)F)C(C(F)(F)F)(C(F)(F)F)C(F)(F)F.[Ca+2]. The van der Waals surface area contributed by atoms with Crippen LogP contribution in [-0.2, 0) is 9.59 Å². The van der Waals surface area contributed by atoms with Gasteiger partial charge in [-0.15, -0.1) is 0 Å². The van der Waals surface area contributed by atoms with Gasteiger partial charge in [-0.1, -0.05) is 11.5 Å². The predicted molar refractivity (Wildman–Crippen MR) is 122 cm³/mol. The second-order valence-corrected chi connectivity index (χ2v) is 10.7. The van der Waals surface area contributed by atoms with E-state index in [-0.39, 0.29) is 48.7 Å². The van der Waals surface area contributed by atoms with Gasteiger partial charge in [0.25, 0.3) is 10.8 Å². The first-order valence-electron chi connectivity index (χ1n) is 12.8. The molecule has 0 heterocycles. The minimum atomic E-state index is -7.92. The normalized spacial score (nSPS) is 15.8. The van der Waals surface area contributed by atoms with Crippen molar-refractivity contribution in [1.29, 1.82) is 0 Å². The van der Waals surface area contributed by atoms with Gasteiger partial charge in [-0.05, 0) is 12.2 Å². The van der Waals surface area contributed by atoms with Gasteiger partial charge in [-0.2, -0.15) is 158 Å². The molecule has 0 spiro atoms. The zero-order chi connectivity index (χ0) is 51.7. The van der Waals surface area contributed by atoms with Crippen LogP contribution in [0.25, 0.3) is 0 Å². The average Bonchev–Trinajstić information content (AvgIpc) is 2.78. The van der Waals surface area contributed by atoms with E-state index >= 15 is 0 Å². The molecule has 0 fully saturated rings. The number of hydrogen-bond acceptors (Lipinski definition) is 4. The summed E-state index contributed by atoms with van der Waals surface area (Å²) in [6, 6.07) is 0. The zero-order valence-electron chi connectivity index (χ0n) is 28.1. The minimum Gasteiger partial charge on any atom is -0.874 e. The van der Waals surface area contributed by atoms with Gasteiger partial charge in [-0.25, -0.2) is 0 Å². The summed E-state index contributed by atoms with van der Waals surface area (Å²) in [6.45, 7) is 0. The van der Waals surface area contributed by atoms with E-state index in [0.29, 0.717) is 0 Å². The van der Waals surface area contributed by atoms with Gasteiger partial charge in [0, 0.05) is 0 Å². The first-order chi connectivity index (χ1) is 26.1. The van der Waals surface area contributed by atoms with E-state index in [4.69, 9.17) is 0 Å². The summed E-state index contributed by atoms with van der Waals surface area (Å²) < 4.78 is 454. The Bertz CT molecular complexity index is 1410. The Hall–Kier alpha value is -2.92. The molecule has 0 aliphatic carbocycles. The maximum atomic E-state index is 12.6. The molecule has 0 aliphatic rings. The summed E-state index contributed by atoms with van der Waals surface area (Å²) in [7, 11) is 0. The standard InChI is InChI=1S/2C11H2F18O2.Ca.2H2O/c2*12-6(13,14)4(7(15,16)17,8(18,19)20)2(30)1-3(31)5(9(21,22)23,10(24,25)26)11(27,28)29;;;/h2*1,30H;;2*1H2/q;;+2;;/p-2/b2*2-1-;;;. The summed E-state index contributed by atoms with van der Waals surface area (Å²) in [5.74, 6) is -19.6. The molecule has 0 aromatic carbocycles. The number of hydrogen-bond donors (Lipinski definition) is 0. The van der Waals surface area contributed by atoms with Crippen LogP contribution in [0, 0.1) is 21.7 Å². The second kappa shape index (κ2) is 19.2. The van der Waals surface area contributed by atoms with Gasteiger partial charge < -0.3 is 21.2 Å². The van der Waals surface area contributed by atoms with Crippen molar-refractivity contribution in [3.05, 3.63) is 23.7 Å². The third-order valence-electron chi connectivity index (χ3n) is 7.11. The van der Waals surface area contributed by atoms with E-state index in [1.165, 1.54) is 0 Å². The summed E-state index contributed by atoms with van der Waals surface area (Å²) in [5.41, 5.74) is -31.3.